The van der Waals surface area contributed by atoms with Crippen LogP contribution in [0.1, 0.15) is 24.5 Å². The van der Waals surface area contributed by atoms with Gasteiger partial charge in [0.15, 0.2) is 0 Å². The maximum Gasteiger partial charge on any atom is 0.269 e. The van der Waals surface area contributed by atoms with Crippen molar-refractivity contribution in [3.05, 3.63) is 79.9 Å². The lowest BCUT2D eigenvalue weighted by Crippen LogP contribution is -2.26. The van der Waals surface area contributed by atoms with Gasteiger partial charge in [0.2, 0.25) is 0 Å². The van der Waals surface area contributed by atoms with Gasteiger partial charge in [0, 0.05) is 37.4 Å². The maximum absolute atomic E-state index is 10.7. The van der Waals surface area contributed by atoms with Crippen molar-refractivity contribution in [3.63, 3.8) is 0 Å². The van der Waals surface area contributed by atoms with Crippen molar-refractivity contribution in [1.82, 2.24) is 4.90 Å². The van der Waals surface area contributed by atoms with E-state index in [-0.39, 0.29) is 11.4 Å². The largest absolute Gasteiger partial charge is 0.299 e. The van der Waals surface area contributed by atoms with Crippen molar-refractivity contribution in [2.24, 2.45) is 0 Å². The Labute approximate surface area is 146 Å². The highest BCUT2D eigenvalue weighted by atomic mass is 16.6. The van der Waals surface area contributed by atoms with Gasteiger partial charge in [0.05, 0.1) is 9.85 Å². The molecular weight excluding hydrogens is 322 g/mol. The van der Waals surface area contributed by atoms with E-state index in [2.05, 4.69) is 11.8 Å². The van der Waals surface area contributed by atoms with Gasteiger partial charge in [-0.1, -0.05) is 31.2 Å². The number of nitrogens with zero attached hydrogens (tertiary/aromatic N) is 3. The average Bonchev–Trinajstić information content (AvgIpc) is 2.60. The van der Waals surface area contributed by atoms with Crippen LogP contribution in [0.15, 0.2) is 48.5 Å². The first-order valence-electron chi connectivity index (χ1n) is 8.18. The van der Waals surface area contributed by atoms with Crippen molar-refractivity contribution in [2.75, 3.05) is 13.1 Å². The van der Waals surface area contributed by atoms with Gasteiger partial charge < -0.3 is 0 Å². The normalized spacial score (nSPS) is 10.8. The summed E-state index contributed by atoms with van der Waals surface area (Å²) in [6.45, 7) is 4.57. The van der Waals surface area contributed by atoms with Crippen LogP contribution in [-0.2, 0) is 13.0 Å². The molecule has 0 N–H and O–H groups in total. The Morgan fingerprint density at radius 1 is 0.800 bits per heavy atom. The molecule has 25 heavy (non-hydrogen) atoms. The minimum Gasteiger partial charge on any atom is -0.299 e. The van der Waals surface area contributed by atoms with Crippen LogP contribution in [0.4, 0.5) is 11.4 Å². The van der Waals surface area contributed by atoms with Gasteiger partial charge in [0.1, 0.15) is 0 Å². The summed E-state index contributed by atoms with van der Waals surface area (Å²) in [5, 5.41) is 21.4. The van der Waals surface area contributed by atoms with Gasteiger partial charge in [-0.15, -0.1) is 0 Å². The minimum atomic E-state index is -0.401. The lowest BCUT2D eigenvalue weighted by molar-refractivity contribution is -0.385. The zero-order chi connectivity index (χ0) is 18.2. The van der Waals surface area contributed by atoms with Gasteiger partial charge >= 0.3 is 0 Å². The first-order chi connectivity index (χ1) is 12.0. The second-order valence-electron chi connectivity index (χ2n) is 5.87. The molecule has 0 amide bonds. The van der Waals surface area contributed by atoms with E-state index in [4.69, 9.17) is 0 Å². The molecule has 0 saturated heterocycles. The lowest BCUT2D eigenvalue weighted by atomic mass is 10.1. The number of non-ortho nitro benzene ring substituents is 2. The topological polar surface area (TPSA) is 89.5 Å². The van der Waals surface area contributed by atoms with Gasteiger partial charge in [-0.25, -0.2) is 0 Å². The van der Waals surface area contributed by atoms with E-state index in [0.29, 0.717) is 0 Å². The summed E-state index contributed by atoms with van der Waals surface area (Å²) in [6.07, 6.45) is 1.80. The van der Waals surface area contributed by atoms with E-state index < -0.39 is 9.85 Å². The van der Waals surface area contributed by atoms with Crippen LogP contribution in [0.3, 0.4) is 0 Å². The van der Waals surface area contributed by atoms with E-state index >= 15 is 0 Å². The molecule has 2 aromatic carbocycles. The van der Waals surface area contributed by atoms with Crippen LogP contribution < -0.4 is 0 Å². The number of benzene rings is 2. The molecule has 132 valence electrons. The SMILES string of the molecule is CCCN(CCc1ccc([N+](=O)[O-])cc1)Cc1ccc([N+](=O)[O-])cc1. The number of rotatable bonds is 9. The Morgan fingerprint density at radius 2 is 1.28 bits per heavy atom. The van der Waals surface area contributed by atoms with Gasteiger partial charge in [-0.2, -0.15) is 0 Å². The lowest BCUT2D eigenvalue weighted by Gasteiger charge is -2.21. The predicted molar refractivity (Wildman–Crippen MR) is 95.5 cm³/mol. The summed E-state index contributed by atoms with van der Waals surface area (Å²) in [7, 11) is 0. The minimum absolute atomic E-state index is 0.0941. The average molecular weight is 343 g/mol. The fraction of sp³-hybridized carbons (Fsp3) is 0.333. The van der Waals surface area contributed by atoms with Crippen LogP contribution in [0.5, 0.6) is 0 Å². The number of nitro benzene ring substituents is 2. The fourth-order valence-electron chi connectivity index (χ4n) is 2.64. The van der Waals surface area contributed by atoms with Gasteiger partial charge in [0.25, 0.3) is 11.4 Å². The predicted octanol–water partition coefficient (Wildman–Crippen LogP) is 3.96. The van der Waals surface area contributed by atoms with Crippen molar-refractivity contribution in [1.29, 1.82) is 0 Å². The zero-order valence-corrected chi connectivity index (χ0v) is 14.1. The Balaban J connectivity index is 1.95. The summed E-state index contributed by atoms with van der Waals surface area (Å²) < 4.78 is 0. The molecule has 0 aliphatic heterocycles. The molecule has 0 fully saturated rings. The Bertz CT molecular complexity index is 714. The molecule has 2 rings (SSSR count). The third-order valence-electron chi connectivity index (χ3n) is 3.96. The van der Waals surface area contributed by atoms with E-state index in [1.807, 2.05) is 0 Å². The number of hydrogen-bond donors (Lipinski definition) is 0. The first kappa shape index (κ1) is 18.5. The Hall–Kier alpha value is -2.80. The van der Waals surface area contributed by atoms with Crippen molar-refractivity contribution in [3.8, 4) is 0 Å². The second kappa shape index (κ2) is 8.89. The quantitative estimate of drug-likeness (QED) is 0.508. The number of nitro groups is 2. The summed E-state index contributed by atoms with van der Waals surface area (Å²) >= 11 is 0. The zero-order valence-electron chi connectivity index (χ0n) is 14.1. The number of hydrogen-bond acceptors (Lipinski definition) is 5. The third-order valence-corrected chi connectivity index (χ3v) is 3.96. The smallest absolute Gasteiger partial charge is 0.269 e. The molecule has 0 spiro atoms. The molecule has 0 aliphatic rings. The Kier molecular flexibility index (Phi) is 6.59. The monoisotopic (exact) mass is 343 g/mol. The molecular formula is C18H21N3O4. The first-order valence-corrected chi connectivity index (χ1v) is 8.18. The molecule has 0 heterocycles. The van der Waals surface area contributed by atoms with E-state index in [9.17, 15) is 20.2 Å². The van der Waals surface area contributed by atoms with E-state index in [0.717, 1.165) is 43.6 Å². The highest BCUT2D eigenvalue weighted by Gasteiger charge is 2.09. The molecule has 0 atom stereocenters. The standard InChI is InChI=1S/C18H21N3O4/c1-2-12-19(14-16-5-9-18(10-6-16)21(24)25)13-11-15-3-7-17(8-4-15)20(22)23/h3-10H,2,11-14H2,1H3. The van der Waals surface area contributed by atoms with Crippen molar-refractivity contribution >= 4 is 11.4 Å². The maximum atomic E-state index is 10.7. The highest BCUT2D eigenvalue weighted by Crippen LogP contribution is 2.15. The molecule has 0 unspecified atom stereocenters. The van der Waals surface area contributed by atoms with E-state index in [1.165, 1.54) is 24.3 Å². The van der Waals surface area contributed by atoms with Crippen LogP contribution in [0.2, 0.25) is 0 Å². The van der Waals surface area contributed by atoms with Crippen LogP contribution in [0, 0.1) is 20.2 Å². The molecule has 2 aromatic rings. The summed E-state index contributed by atoms with van der Waals surface area (Å²) in [5.74, 6) is 0. The molecule has 7 heteroatoms. The molecule has 0 aliphatic carbocycles. The molecule has 0 radical (unpaired) electrons. The van der Waals surface area contributed by atoms with Crippen LogP contribution in [0.25, 0.3) is 0 Å². The highest BCUT2D eigenvalue weighted by molar-refractivity contribution is 5.33. The van der Waals surface area contributed by atoms with Gasteiger partial charge in [-0.3, -0.25) is 25.1 Å². The second-order valence-corrected chi connectivity index (χ2v) is 5.87. The van der Waals surface area contributed by atoms with Crippen molar-refractivity contribution < 1.29 is 9.85 Å². The van der Waals surface area contributed by atoms with Crippen LogP contribution in [-0.4, -0.2) is 27.8 Å². The summed E-state index contributed by atoms with van der Waals surface area (Å²) in [5.41, 5.74) is 2.27. The van der Waals surface area contributed by atoms with Gasteiger partial charge in [-0.05, 0) is 30.5 Å². The van der Waals surface area contributed by atoms with Crippen molar-refractivity contribution in [2.45, 2.75) is 26.3 Å². The molecule has 0 saturated carbocycles. The third kappa shape index (κ3) is 5.65. The van der Waals surface area contributed by atoms with Crippen LogP contribution >= 0.6 is 0 Å². The van der Waals surface area contributed by atoms with E-state index in [1.54, 1.807) is 24.3 Å². The summed E-state index contributed by atoms with van der Waals surface area (Å²) in [6, 6.07) is 13.2. The Morgan fingerprint density at radius 3 is 1.72 bits per heavy atom. The molecule has 7 nitrogen and oxygen atoms in total. The molecule has 0 aromatic heterocycles. The molecule has 0 bridgehead atoms. The summed E-state index contributed by atoms with van der Waals surface area (Å²) in [4.78, 5) is 22.9. The fourth-order valence-corrected chi connectivity index (χ4v) is 2.64.